The number of hydrogen-bond donors (Lipinski definition) is 0. The van der Waals surface area contributed by atoms with Crippen molar-refractivity contribution in [1.82, 2.24) is 0 Å². The fourth-order valence-corrected chi connectivity index (χ4v) is 3.79. The van der Waals surface area contributed by atoms with E-state index in [1.807, 2.05) is 24.3 Å². The molecule has 0 bridgehead atoms. The van der Waals surface area contributed by atoms with Gasteiger partial charge in [-0.25, -0.2) is 0 Å². The molecule has 5 aromatic rings. The number of rotatable bonds is 2. The van der Waals surface area contributed by atoms with Gasteiger partial charge < -0.3 is 0 Å². The Morgan fingerprint density at radius 1 is 0.560 bits per heavy atom. The fraction of sp³-hybridized carbons (Fsp3) is 0. The van der Waals surface area contributed by atoms with Crippen molar-refractivity contribution in [2.75, 3.05) is 0 Å². The van der Waals surface area contributed by atoms with Gasteiger partial charge >= 0.3 is 0 Å². The van der Waals surface area contributed by atoms with E-state index in [1.165, 1.54) is 37.9 Å². The standard InChI is InChI=1S/C24H15Cl/c25-21-13-5-16(6-14-21)4-7-17-8-9-20-11-10-18-2-1-3-19-12-15-22(17)24(20)23(18)19/h1-15H/b7-4+. The monoisotopic (exact) mass is 338 g/mol. The maximum Gasteiger partial charge on any atom is 0.0406 e. The molecule has 1 heteroatoms. The molecule has 0 N–H and O–H groups in total. The molecule has 0 aromatic heterocycles. The third-order valence-electron chi connectivity index (χ3n) is 4.89. The van der Waals surface area contributed by atoms with Crippen molar-refractivity contribution >= 4 is 56.1 Å². The van der Waals surface area contributed by atoms with Gasteiger partial charge in [-0.1, -0.05) is 90.5 Å². The van der Waals surface area contributed by atoms with Gasteiger partial charge in [0.1, 0.15) is 0 Å². The molecule has 0 nitrogen and oxygen atoms in total. The van der Waals surface area contributed by atoms with Crippen molar-refractivity contribution in [1.29, 1.82) is 0 Å². The second kappa shape index (κ2) is 5.61. The lowest BCUT2D eigenvalue weighted by atomic mass is 9.92. The van der Waals surface area contributed by atoms with Crippen molar-refractivity contribution in [3.63, 3.8) is 0 Å². The quantitative estimate of drug-likeness (QED) is 0.232. The molecule has 25 heavy (non-hydrogen) atoms. The van der Waals surface area contributed by atoms with Gasteiger partial charge in [-0.2, -0.15) is 0 Å². The van der Waals surface area contributed by atoms with Crippen LogP contribution in [0.3, 0.4) is 0 Å². The minimum Gasteiger partial charge on any atom is -0.0843 e. The Morgan fingerprint density at radius 2 is 1.20 bits per heavy atom. The average molecular weight is 339 g/mol. The number of hydrogen-bond acceptors (Lipinski definition) is 0. The lowest BCUT2D eigenvalue weighted by molar-refractivity contribution is 1.66. The summed E-state index contributed by atoms with van der Waals surface area (Å²) in [6.07, 6.45) is 4.33. The molecule has 0 amide bonds. The normalized spacial score (nSPS) is 12.0. The molecule has 0 heterocycles. The van der Waals surface area contributed by atoms with Crippen molar-refractivity contribution in [3.8, 4) is 0 Å². The van der Waals surface area contributed by atoms with Crippen LogP contribution in [0.15, 0.2) is 78.9 Å². The third kappa shape index (κ3) is 2.38. The van der Waals surface area contributed by atoms with E-state index in [-0.39, 0.29) is 0 Å². The first-order chi connectivity index (χ1) is 12.3. The molecule has 0 saturated heterocycles. The van der Waals surface area contributed by atoms with Crippen LogP contribution >= 0.6 is 11.6 Å². The summed E-state index contributed by atoms with van der Waals surface area (Å²) in [6, 6.07) is 27.8. The predicted octanol–water partition coefficient (Wildman–Crippen LogP) is 7.41. The van der Waals surface area contributed by atoms with Crippen LogP contribution in [0.5, 0.6) is 0 Å². The Hall–Kier alpha value is -2.83. The molecular formula is C24H15Cl. The van der Waals surface area contributed by atoms with Gasteiger partial charge in [-0.05, 0) is 55.6 Å². The largest absolute Gasteiger partial charge is 0.0843 e. The van der Waals surface area contributed by atoms with E-state index < -0.39 is 0 Å². The molecule has 0 unspecified atom stereocenters. The second-order valence-electron chi connectivity index (χ2n) is 6.40. The smallest absolute Gasteiger partial charge is 0.0406 e. The molecule has 0 aliphatic rings. The Bertz CT molecular complexity index is 1210. The predicted molar refractivity (Wildman–Crippen MR) is 111 cm³/mol. The molecule has 5 rings (SSSR count). The van der Waals surface area contributed by atoms with Gasteiger partial charge in [0.05, 0.1) is 0 Å². The zero-order valence-corrected chi connectivity index (χ0v) is 14.3. The summed E-state index contributed by atoms with van der Waals surface area (Å²) in [7, 11) is 0. The average Bonchev–Trinajstić information content (AvgIpc) is 2.66. The first-order valence-corrected chi connectivity index (χ1v) is 8.78. The molecule has 0 aliphatic heterocycles. The van der Waals surface area contributed by atoms with E-state index in [1.54, 1.807) is 0 Å². The molecule has 0 atom stereocenters. The van der Waals surface area contributed by atoms with Gasteiger partial charge in [-0.15, -0.1) is 0 Å². The van der Waals surface area contributed by atoms with Crippen LogP contribution in [0.2, 0.25) is 5.02 Å². The first kappa shape index (κ1) is 14.5. The van der Waals surface area contributed by atoms with Gasteiger partial charge in [-0.3, -0.25) is 0 Å². The lowest BCUT2D eigenvalue weighted by Gasteiger charge is -2.12. The third-order valence-corrected chi connectivity index (χ3v) is 5.14. The Balaban J connectivity index is 1.74. The minimum atomic E-state index is 0.764. The van der Waals surface area contributed by atoms with Gasteiger partial charge in [0.15, 0.2) is 0 Å². The molecule has 0 spiro atoms. The van der Waals surface area contributed by atoms with Crippen molar-refractivity contribution in [3.05, 3.63) is 95.0 Å². The van der Waals surface area contributed by atoms with E-state index >= 15 is 0 Å². The molecular weight excluding hydrogens is 324 g/mol. The van der Waals surface area contributed by atoms with Crippen LogP contribution in [-0.4, -0.2) is 0 Å². The van der Waals surface area contributed by atoms with E-state index in [4.69, 9.17) is 11.6 Å². The van der Waals surface area contributed by atoms with Crippen LogP contribution in [-0.2, 0) is 0 Å². The van der Waals surface area contributed by atoms with Gasteiger partial charge in [0.25, 0.3) is 0 Å². The van der Waals surface area contributed by atoms with E-state index in [2.05, 4.69) is 66.7 Å². The van der Waals surface area contributed by atoms with Crippen LogP contribution in [0.4, 0.5) is 0 Å². The number of halogens is 1. The van der Waals surface area contributed by atoms with Crippen LogP contribution in [0, 0.1) is 0 Å². The Morgan fingerprint density at radius 3 is 1.96 bits per heavy atom. The summed E-state index contributed by atoms with van der Waals surface area (Å²) < 4.78 is 0. The minimum absolute atomic E-state index is 0.764. The highest BCUT2D eigenvalue weighted by Crippen LogP contribution is 2.36. The van der Waals surface area contributed by atoms with Crippen LogP contribution < -0.4 is 0 Å². The van der Waals surface area contributed by atoms with E-state index in [0.717, 1.165) is 10.6 Å². The molecule has 0 radical (unpaired) electrons. The maximum atomic E-state index is 5.97. The summed E-state index contributed by atoms with van der Waals surface area (Å²) in [5.41, 5.74) is 2.38. The topological polar surface area (TPSA) is 0 Å². The van der Waals surface area contributed by atoms with E-state index in [0.29, 0.717) is 0 Å². The first-order valence-electron chi connectivity index (χ1n) is 8.40. The van der Waals surface area contributed by atoms with Gasteiger partial charge in [0.2, 0.25) is 0 Å². The highest BCUT2D eigenvalue weighted by molar-refractivity contribution is 6.30. The fourth-order valence-electron chi connectivity index (χ4n) is 3.66. The van der Waals surface area contributed by atoms with Crippen LogP contribution in [0.25, 0.3) is 44.5 Å². The lowest BCUT2D eigenvalue weighted by Crippen LogP contribution is -1.85. The molecule has 0 fully saturated rings. The highest BCUT2D eigenvalue weighted by Gasteiger charge is 2.09. The summed E-state index contributed by atoms with van der Waals surface area (Å²) in [5.74, 6) is 0. The molecule has 0 saturated carbocycles. The van der Waals surface area contributed by atoms with Crippen LogP contribution in [0.1, 0.15) is 11.1 Å². The second-order valence-corrected chi connectivity index (χ2v) is 6.83. The van der Waals surface area contributed by atoms with Crippen molar-refractivity contribution in [2.24, 2.45) is 0 Å². The zero-order valence-electron chi connectivity index (χ0n) is 13.5. The van der Waals surface area contributed by atoms with Crippen molar-refractivity contribution < 1.29 is 0 Å². The highest BCUT2D eigenvalue weighted by atomic mass is 35.5. The molecule has 0 aliphatic carbocycles. The summed E-state index contributed by atoms with van der Waals surface area (Å²) >= 11 is 5.97. The summed E-state index contributed by atoms with van der Waals surface area (Å²) in [6.45, 7) is 0. The number of benzene rings is 5. The van der Waals surface area contributed by atoms with E-state index in [9.17, 15) is 0 Å². The Kier molecular flexibility index (Phi) is 3.26. The molecule has 118 valence electrons. The maximum absolute atomic E-state index is 5.97. The van der Waals surface area contributed by atoms with Crippen molar-refractivity contribution in [2.45, 2.75) is 0 Å². The summed E-state index contributed by atoms with van der Waals surface area (Å²) in [4.78, 5) is 0. The zero-order chi connectivity index (χ0) is 16.8. The summed E-state index contributed by atoms with van der Waals surface area (Å²) in [5, 5.41) is 8.67. The SMILES string of the molecule is Clc1ccc(/C=C/c2ccc3ccc4cccc5ccc2c3c45)cc1. The van der Waals surface area contributed by atoms with Gasteiger partial charge in [0, 0.05) is 5.02 Å². The Labute approximate surface area is 151 Å². The molecule has 5 aromatic carbocycles.